The summed E-state index contributed by atoms with van der Waals surface area (Å²) in [5.74, 6) is 0.0583. The number of ether oxygens (including phenoxy) is 1. The van der Waals surface area contributed by atoms with Gasteiger partial charge in [0.05, 0.1) is 22.5 Å². The second kappa shape index (κ2) is 7.79. The molecule has 0 bridgehead atoms. The molecule has 0 saturated carbocycles. The van der Waals surface area contributed by atoms with Crippen LogP contribution in [0.25, 0.3) is 10.2 Å². The number of fused-ring (bicyclic) bond motifs is 1. The zero-order valence-electron chi connectivity index (χ0n) is 15.9. The second-order valence-corrected chi connectivity index (χ2v) is 9.75. The second-order valence-electron chi connectivity index (χ2n) is 6.92. The van der Waals surface area contributed by atoms with Gasteiger partial charge in [-0.15, -0.1) is 11.3 Å². The standard InChI is InChI=1S/C19H20N4O4S2/c1-12-9-23(10-13(2)27-12)29(25,26)15-5-3-14(4-6-15)18(24)22-17-16-7-8-28-19(16)21-11-20-17/h3-8,11-13H,9-10H2,1-2H3,(H,20,21,22,24)/t12-,13-/m0/s1. The molecule has 152 valence electrons. The van der Waals surface area contributed by atoms with E-state index in [1.807, 2.05) is 25.3 Å². The first kappa shape index (κ1) is 19.9. The van der Waals surface area contributed by atoms with E-state index >= 15 is 0 Å². The Hall–Kier alpha value is -2.40. The highest BCUT2D eigenvalue weighted by molar-refractivity contribution is 7.89. The number of morpholine rings is 1. The number of hydrogen-bond donors (Lipinski definition) is 1. The van der Waals surface area contributed by atoms with Crippen molar-refractivity contribution >= 4 is 43.3 Å². The van der Waals surface area contributed by atoms with Crippen LogP contribution in [0.5, 0.6) is 0 Å². The van der Waals surface area contributed by atoms with E-state index in [4.69, 9.17) is 4.74 Å². The molecule has 1 aliphatic heterocycles. The van der Waals surface area contributed by atoms with E-state index in [0.717, 1.165) is 10.2 Å². The molecule has 3 aromatic rings. The first-order valence-corrected chi connectivity index (χ1v) is 11.4. The number of rotatable bonds is 4. The molecular formula is C19H20N4O4S2. The van der Waals surface area contributed by atoms with Crippen LogP contribution in [0.1, 0.15) is 24.2 Å². The van der Waals surface area contributed by atoms with Crippen LogP contribution in [0.2, 0.25) is 0 Å². The van der Waals surface area contributed by atoms with Gasteiger partial charge in [0.15, 0.2) is 0 Å². The minimum Gasteiger partial charge on any atom is -0.373 e. The lowest BCUT2D eigenvalue weighted by molar-refractivity contribution is -0.0440. The Labute approximate surface area is 172 Å². The van der Waals surface area contributed by atoms with Crippen LogP contribution in [-0.4, -0.2) is 53.9 Å². The lowest BCUT2D eigenvalue weighted by Crippen LogP contribution is -2.48. The Balaban J connectivity index is 1.53. The van der Waals surface area contributed by atoms with Gasteiger partial charge in [-0.2, -0.15) is 4.31 Å². The summed E-state index contributed by atoms with van der Waals surface area (Å²) in [6.07, 6.45) is 1.06. The van der Waals surface area contributed by atoms with E-state index in [2.05, 4.69) is 15.3 Å². The molecule has 2 aromatic heterocycles. The van der Waals surface area contributed by atoms with Crippen molar-refractivity contribution in [1.82, 2.24) is 14.3 Å². The summed E-state index contributed by atoms with van der Waals surface area (Å²) in [6, 6.07) is 7.75. The number of benzene rings is 1. The van der Waals surface area contributed by atoms with Crippen molar-refractivity contribution < 1.29 is 17.9 Å². The predicted octanol–water partition coefficient (Wildman–Crippen LogP) is 2.74. The molecule has 0 radical (unpaired) electrons. The van der Waals surface area contributed by atoms with Crippen molar-refractivity contribution in [1.29, 1.82) is 0 Å². The van der Waals surface area contributed by atoms with Gasteiger partial charge in [-0.25, -0.2) is 18.4 Å². The smallest absolute Gasteiger partial charge is 0.256 e. The summed E-state index contributed by atoms with van der Waals surface area (Å²) < 4.78 is 32.9. The predicted molar refractivity (Wildman–Crippen MR) is 111 cm³/mol. The van der Waals surface area contributed by atoms with Crippen LogP contribution in [0, 0.1) is 0 Å². The molecule has 10 heteroatoms. The first-order valence-electron chi connectivity index (χ1n) is 9.10. The molecule has 1 aromatic carbocycles. The Bertz CT molecular complexity index is 1130. The van der Waals surface area contributed by atoms with E-state index < -0.39 is 10.0 Å². The van der Waals surface area contributed by atoms with Crippen molar-refractivity contribution in [3.05, 3.63) is 47.6 Å². The third-order valence-corrected chi connectivity index (χ3v) is 7.30. The highest BCUT2D eigenvalue weighted by atomic mass is 32.2. The maximum absolute atomic E-state index is 12.9. The average Bonchev–Trinajstić information content (AvgIpc) is 3.17. The molecule has 4 rings (SSSR count). The normalized spacial score (nSPS) is 20.6. The lowest BCUT2D eigenvalue weighted by atomic mass is 10.2. The maximum atomic E-state index is 12.9. The number of nitrogens with one attached hydrogen (secondary N) is 1. The highest BCUT2D eigenvalue weighted by Gasteiger charge is 2.32. The molecule has 0 unspecified atom stereocenters. The topological polar surface area (TPSA) is 101 Å². The molecule has 3 heterocycles. The Morgan fingerprint density at radius 1 is 1.14 bits per heavy atom. The van der Waals surface area contributed by atoms with Gasteiger partial charge in [0.2, 0.25) is 10.0 Å². The molecule has 0 aliphatic carbocycles. The fourth-order valence-corrected chi connectivity index (χ4v) is 5.65. The monoisotopic (exact) mass is 432 g/mol. The third-order valence-electron chi connectivity index (χ3n) is 4.63. The summed E-state index contributed by atoms with van der Waals surface area (Å²) in [5.41, 5.74) is 0.342. The summed E-state index contributed by atoms with van der Waals surface area (Å²) in [5, 5.41) is 5.40. The minimum atomic E-state index is -3.65. The van der Waals surface area contributed by atoms with Gasteiger partial charge >= 0.3 is 0 Å². The number of carbonyl (C=O) groups excluding carboxylic acids is 1. The number of aromatic nitrogens is 2. The molecule has 29 heavy (non-hydrogen) atoms. The van der Waals surface area contributed by atoms with Crippen LogP contribution in [0.4, 0.5) is 5.82 Å². The van der Waals surface area contributed by atoms with Crippen LogP contribution in [0.15, 0.2) is 46.9 Å². The first-order chi connectivity index (χ1) is 13.8. The zero-order valence-corrected chi connectivity index (χ0v) is 17.5. The van der Waals surface area contributed by atoms with E-state index in [-0.39, 0.29) is 23.0 Å². The largest absolute Gasteiger partial charge is 0.373 e. The summed E-state index contributed by atoms with van der Waals surface area (Å²) >= 11 is 1.46. The fraction of sp³-hybridized carbons (Fsp3) is 0.316. The van der Waals surface area contributed by atoms with Crippen molar-refractivity contribution in [2.24, 2.45) is 0 Å². The number of carbonyl (C=O) groups is 1. The highest BCUT2D eigenvalue weighted by Crippen LogP contribution is 2.25. The fourth-order valence-electron chi connectivity index (χ4n) is 3.32. The van der Waals surface area contributed by atoms with E-state index in [9.17, 15) is 13.2 Å². The zero-order chi connectivity index (χ0) is 20.6. The van der Waals surface area contributed by atoms with Gasteiger partial charge in [-0.1, -0.05) is 0 Å². The number of anilines is 1. The number of nitrogens with zero attached hydrogens (tertiary/aromatic N) is 3. The summed E-state index contributed by atoms with van der Waals surface area (Å²) in [7, 11) is -3.65. The third kappa shape index (κ3) is 4.01. The van der Waals surface area contributed by atoms with Gasteiger partial charge in [0.1, 0.15) is 17.0 Å². The Morgan fingerprint density at radius 3 is 2.52 bits per heavy atom. The van der Waals surface area contributed by atoms with Crippen LogP contribution in [-0.2, 0) is 14.8 Å². The Kier molecular flexibility index (Phi) is 5.34. The van der Waals surface area contributed by atoms with Gasteiger partial charge in [0.25, 0.3) is 5.91 Å². The minimum absolute atomic E-state index is 0.151. The van der Waals surface area contributed by atoms with E-state index in [0.29, 0.717) is 24.5 Å². The molecule has 1 saturated heterocycles. The molecule has 1 N–H and O–H groups in total. The Morgan fingerprint density at radius 2 is 1.83 bits per heavy atom. The summed E-state index contributed by atoms with van der Waals surface area (Å²) in [4.78, 5) is 21.8. The molecule has 0 spiro atoms. The van der Waals surface area contributed by atoms with Crippen molar-refractivity contribution in [2.75, 3.05) is 18.4 Å². The lowest BCUT2D eigenvalue weighted by Gasteiger charge is -2.34. The van der Waals surface area contributed by atoms with Crippen LogP contribution in [0.3, 0.4) is 0 Å². The van der Waals surface area contributed by atoms with E-state index in [1.165, 1.54) is 46.2 Å². The number of thiophene rings is 1. The van der Waals surface area contributed by atoms with Crippen molar-refractivity contribution in [3.8, 4) is 0 Å². The van der Waals surface area contributed by atoms with Gasteiger partial charge in [-0.05, 0) is 49.6 Å². The van der Waals surface area contributed by atoms with Crippen LogP contribution >= 0.6 is 11.3 Å². The molecular weight excluding hydrogens is 412 g/mol. The molecule has 1 aliphatic rings. The van der Waals surface area contributed by atoms with Crippen LogP contribution < -0.4 is 5.32 Å². The van der Waals surface area contributed by atoms with Gasteiger partial charge < -0.3 is 10.1 Å². The number of sulfonamides is 1. The number of amides is 1. The molecule has 1 amide bonds. The quantitative estimate of drug-likeness (QED) is 0.680. The molecule has 1 fully saturated rings. The van der Waals surface area contributed by atoms with Crippen molar-refractivity contribution in [3.63, 3.8) is 0 Å². The van der Waals surface area contributed by atoms with Gasteiger partial charge in [-0.3, -0.25) is 4.79 Å². The number of hydrogen-bond acceptors (Lipinski definition) is 7. The average molecular weight is 433 g/mol. The van der Waals surface area contributed by atoms with Gasteiger partial charge in [0, 0.05) is 18.7 Å². The SMILES string of the molecule is C[C@H]1CN(S(=O)(=O)c2ccc(C(=O)Nc3ncnc4sccc34)cc2)C[C@H](C)O1. The van der Waals surface area contributed by atoms with Crippen molar-refractivity contribution in [2.45, 2.75) is 31.0 Å². The molecule has 8 nitrogen and oxygen atoms in total. The summed E-state index contributed by atoms with van der Waals surface area (Å²) in [6.45, 7) is 4.31. The van der Waals surface area contributed by atoms with E-state index in [1.54, 1.807) is 0 Å². The maximum Gasteiger partial charge on any atom is 0.256 e. The molecule has 2 atom stereocenters.